The van der Waals surface area contributed by atoms with E-state index >= 15 is 0 Å². The zero-order valence-electron chi connectivity index (χ0n) is 6.37. The Balaban J connectivity index is 3.05. The minimum Gasteiger partial charge on any atom is -0.493 e. The van der Waals surface area contributed by atoms with Crippen LogP contribution in [0.1, 0.15) is 5.69 Å². The molecule has 0 saturated heterocycles. The number of methoxy groups -OCH3 is 1. The van der Waals surface area contributed by atoms with Crippen LogP contribution in [-0.4, -0.2) is 22.9 Å². The smallest absolute Gasteiger partial charge is 0.339 e. The Kier molecular flexibility index (Phi) is 1.80. The molecule has 0 spiro atoms. The van der Waals surface area contributed by atoms with E-state index in [4.69, 9.17) is 10.5 Å². The third kappa shape index (κ3) is 1.31. The van der Waals surface area contributed by atoms with E-state index in [2.05, 4.69) is 5.10 Å². The van der Waals surface area contributed by atoms with Gasteiger partial charge in [-0.3, -0.25) is 0 Å². The maximum Gasteiger partial charge on any atom is 0.339 e. The van der Waals surface area contributed by atoms with Gasteiger partial charge in [-0.2, -0.15) is 9.78 Å². The van der Waals surface area contributed by atoms with Gasteiger partial charge in [-0.1, -0.05) is 0 Å². The Labute approximate surface area is 63.7 Å². The second-order valence-corrected chi connectivity index (χ2v) is 2.07. The maximum absolute atomic E-state index is 10.5. The number of primary amides is 1. The lowest BCUT2D eigenvalue weighted by atomic mass is 10.5. The molecule has 1 aromatic heterocycles. The number of carbonyl (C=O) groups excluding carboxylic acids is 1. The minimum absolute atomic E-state index is 0.559. The summed E-state index contributed by atoms with van der Waals surface area (Å²) in [6, 6.07) is -0.614. The summed E-state index contributed by atoms with van der Waals surface area (Å²) in [4.78, 5) is 10.5. The van der Waals surface area contributed by atoms with Crippen molar-refractivity contribution in [1.82, 2.24) is 9.78 Å². The molecule has 1 rings (SSSR count). The van der Waals surface area contributed by atoms with Crippen LogP contribution >= 0.6 is 0 Å². The van der Waals surface area contributed by atoms with Crippen LogP contribution in [0.3, 0.4) is 0 Å². The second-order valence-electron chi connectivity index (χ2n) is 2.07. The number of aromatic nitrogens is 2. The summed E-state index contributed by atoms with van der Waals surface area (Å²) in [5.41, 5.74) is 5.60. The quantitative estimate of drug-likeness (QED) is 0.626. The molecular weight excluding hydrogens is 146 g/mol. The number of amides is 1. The van der Waals surface area contributed by atoms with E-state index in [1.807, 2.05) is 0 Å². The van der Waals surface area contributed by atoms with E-state index in [0.717, 1.165) is 4.68 Å². The molecule has 5 nitrogen and oxygen atoms in total. The van der Waals surface area contributed by atoms with Crippen LogP contribution < -0.4 is 10.5 Å². The summed E-state index contributed by atoms with van der Waals surface area (Å²) in [6.45, 7) is 1.73. The van der Waals surface area contributed by atoms with Gasteiger partial charge in [-0.15, -0.1) is 0 Å². The van der Waals surface area contributed by atoms with Gasteiger partial charge in [0.15, 0.2) is 5.75 Å². The van der Waals surface area contributed by atoms with Crippen molar-refractivity contribution >= 4 is 6.03 Å². The average Bonchev–Trinajstić information content (AvgIpc) is 2.31. The first kappa shape index (κ1) is 7.59. The summed E-state index contributed by atoms with van der Waals surface area (Å²) in [6.07, 6.45) is 1.44. The molecule has 5 heteroatoms. The normalized spacial score (nSPS) is 9.64. The Hall–Kier alpha value is -1.52. The Bertz CT molecular complexity index is 279. The molecule has 0 fully saturated rings. The van der Waals surface area contributed by atoms with Crippen molar-refractivity contribution in [1.29, 1.82) is 0 Å². The highest BCUT2D eigenvalue weighted by molar-refractivity contribution is 5.73. The fourth-order valence-electron chi connectivity index (χ4n) is 0.758. The van der Waals surface area contributed by atoms with Gasteiger partial charge in [0, 0.05) is 0 Å². The molecule has 0 aromatic carbocycles. The molecular formula is C6H9N3O2. The molecule has 1 aromatic rings. The van der Waals surface area contributed by atoms with Crippen molar-refractivity contribution < 1.29 is 9.53 Å². The van der Waals surface area contributed by atoms with Crippen LogP contribution in [0.4, 0.5) is 4.79 Å². The van der Waals surface area contributed by atoms with Gasteiger partial charge in [0.2, 0.25) is 0 Å². The molecule has 0 unspecified atom stereocenters. The number of rotatable bonds is 1. The van der Waals surface area contributed by atoms with Gasteiger partial charge in [-0.05, 0) is 6.92 Å². The van der Waals surface area contributed by atoms with Crippen LogP contribution in [0.15, 0.2) is 6.20 Å². The Morgan fingerprint density at radius 1 is 1.82 bits per heavy atom. The molecule has 2 N–H and O–H groups in total. The summed E-state index contributed by atoms with van der Waals surface area (Å²) in [5.74, 6) is 0.559. The fraction of sp³-hybridized carbons (Fsp3) is 0.333. The van der Waals surface area contributed by atoms with Crippen molar-refractivity contribution in [3.8, 4) is 5.75 Å². The van der Waals surface area contributed by atoms with Crippen molar-refractivity contribution in [3.63, 3.8) is 0 Å². The van der Waals surface area contributed by atoms with E-state index in [9.17, 15) is 4.79 Å². The van der Waals surface area contributed by atoms with Gasteiger partial charge in [0.05, 0.1) is 13.3 Å². The third-order valence-electron chi connectivity index (χ3n) is 1.30. The van der Waals surface area contributed by atoms with E-state index in [1.165, 1.54) is 13.3 Å². The average molecular weight is 155 g/mol. The zero-order chi connectivity index (χ0) is 8.43. The highest BCUT2D eigenvalue weighted by atomic mass is 16.5. The molecule has 0 atom stereocenters. The molecule has 0 aliphatic heterocycles. The van der Waals surface area contributed by atoms with Crippen LogP contribution in [0.25, 0.3) is 0 Å². The molecule has 60 valence electrons. The first-order valence-electron chi connectivity index (χ1n) is 3.05. The molecule has 0 saturated carbocycles. The molecule has 0 aliphatic rings. The van der Waals surface area contributed by atoms with Crippen molar-refractivity contribution in [2.75, 3.05) is 7.11 Å². The van der Waals surface area contributed by atoms with Crippen LogP contribution in [0, 0.1) is 6.92 Å². The molecule has 0 aliphatic carbocycles. The van der Waals surface area contributed by atoms with Gasteiger partial charge in [-0.25, -0.2) is 4.79 Å². The lowest BCUT2D eigenvalue weighted by molar-refractivity contribution is 0.247. The number of nitrogens with two attached hydrogens (primary N) is 1. The van der Waals surface area contributed by atoms with Crippen molar-refractivity contribution in [2.24, 2.45) is 5.73 Å². The lowest BCUT2D eigenvalue weighted by Gasteiger charge is -1.91. The maximum atomic E-state index is 10.5. The first-order valence-corrected chi connectivity index (χ1v) is 3.05. The van der Waals surface area contributed by atoms with Gasteiger partial charge < -0.3 is 10.5 Å². The molecule has 0 bridgehead atoms. The molecule has 1 heterocycles. The fourth-order valence-corrected chi connectivity index (χ4v) is 0.758. The number of hydrogen-bond acceptors (Lipinski definition) is 3. The topological polar surface area (TPSA) is 70.1 Å². The zero-order valence-corrected chi connectivity index (χ0v) is 6.37. The van der Waals surface area contributed by atoms with Gasteiger partial charge in [0.1, 0.15) is 5.69 Å². The van der Waals surface area contributed by atoms with Crippen LogP contribution in [-0.2, 0) is 0 Å². The predicted molar refractivity (Wildman–Crippen MR) is 38.5 cm³/mol. The predicted octanol–water partition coefficient (Wildman–Crippen LogP) is 0.127. The van der Waals surface area contributed by atoms with Crippen molar-refractivity contribution in [2.45, 2.75) is 6.92 Å². The summed E-state index contributed by atoms with van der Waals surface area (Å²) >= 11 is 0. The standard InChI is InChI=1S/C6H9N3O2/c1-4-5(11-2)3-9(8-4)6(7)10/h3H,1-2H3,(H2,7,10). The number of nitrogens with zero attached hydrogens (tertiary/aromatic N) is 2. The number of carbonyl (C=O) groups is 1. The second kappa shape index (κ2) is 2.61. The number of aryl methyl sites for hydroxylation is 1. The SMILES string of the molecule is COc1cn(C(N)=O)nc1C. The molecule has 11 heavy (non-hydrogen) atoms. The lowest BCUT2D eigenvalue weighted by Crippen LogP contribution is -2.19. The van der Waals surface area contributed by atoms with Crippen molar-refractivity contribution in [3.05, 3.63) is 11.9 Å². The third-order valence-corrected chi connectivity index (χ3v) is 1.30. The Morgan fingerprint density at radius 3 is 2.73 bits per heavy atom. The van der Waals surface area contributed by atoms with E-state index in [0.29, 0.717) is 11.4 Å². The largest absolute Gasteiger partial charge is 0.493 e. The monoisotopic (exact) mass is 155 g/mol. The van der Waals surface area contributed by atoms with E-state index < -0.39 is 6.03 Å². The van der Waals surface area contributed by atoms with Crippen LogP contribution in [0.5, 0.6) is 5.75 Å². The molecule has 1 amide bonds. The number of hydrogen-bond donors (Lipinski definition) is 1. The summed E-state index contributed by atoms with van der Waals surface area (Å²) in [7, 11) is 1.51. The number of ether oxygens (including phenoxy) is 1. The highest BCUT2D eigenvalue weighted by Gasteiger charge is 2.06. The van der Waals surface area contributed by atoms with Crippen LogP contribution in [0.2, 0.25) is 0 Å². The Morgan fingerprint density at radius 2 is 2.45 bits per heavy atom. The molecule has 0 radical (unpaired) electrons. The van der Waals surface area contributed by atoms with E-state index in [-0.39, 0.29) is 0 Å². The minimum atomic E-state index is -0.614. The summed E-state index contributed by atoms with van der Waals surface area (Å²) in [5, 5.41) is 3.80. The van der Waals surface area contributed by atoms with Gasteiger partial charge in [0.25, 0.3) is 0 Å². The highest BCUT2D eigenvalue weighted by Crippen LogP contribution is 2.13. The van der Waals surface area contributed by atoms with E-state index in [1.54, 1.807) is 6.92 Å². The summed E-state index contributed by atoms with van der Waals surface area (Å²) < 4.78 is 5.92. The first-order chi connectivity index (χ1) is 5.15. The van der Waals surface area contributed by atoms with Gasteiger partial charge >= 0.3 is 6.03 Å².